The van der Waals surface area contributed by atoms with E-state index in [1.54, 1.807) is 6.92 Å². The van der Waals surface area contributed by atoms with Crippen LogP contribution in [0.15, 0.2) is 0 Å². The summed E-state index contributed by atoms with van der Waals surface area (Å²) in [7, 11) is 0. The van der Waals surface area contributed by atoms with Crippen molar-refractivity contribution < 1.29 is 19.2 Å². The normalized spacial score (nSPS) is 11.3. The molecule has 0 aromatic heterocycles. The van der Waals surface area contributed by atoms with Crippen LogP contribution in [0.25, 0.3) is 0 Å². The highest BCUT2D eigenvalue weighted by Crippen LogP contribution is 1.95. The molecular weight excluding hydrogens is 336 g/mol. The van der Waals surface area contributed by atoms with Gasteiger partial charge in [-0.15, -0.1) is 11.6 Å². The van der Waals surface area contributed by atoms with Gasteiger partial charge in [-0.05, 0) is 12.8 Å². The van der Waals surface area contributed by atoms with Crippen molar-refractivity contribution in [2.24, 2.45) is 0 Å². The molecule has 0 aliphatic carbocycles. The van der Waals surface area contributed by atoms with Crippen LogP contribution in [0.3, 0.4) is 0 Å². The summed E-state index contributed by atoms with van der Waals surface area (Å²) in [5.41, 5.74) is 0. The number of alkyl halides is 1. The van der Waals surface area contributed by atoms with Crippen molar-refractivity contribution in [1.29, 1.82) is 0 Å². The molecule has 0 radical (unpaired) electrons. The van der Waals surface area contributed by atoms with Crippen LogP contribution in [0.1, 0.15) is 39.5 Å². The molecule has 4 N–H and O–H groups in total. The first kappa shape index (κ1) is 22.2. The second kappa shape index (κ2) is 13.6. The SMILES string of the molecule is CCCC(=O)NC(CCNC(=O)CC)C(=O)NCCNC(=O)CCl. The van der Waals surface area contributed by atoms with Crippen LogP contribution in [0.4, 0.5) is 0 Å². The van der Waals surface area contributed by atoms with Gasteiger partial charge in [0.25, 0.3) is 0 Å². The molecule has 0 rings (SSSR count). The molecule has 4 amide bonds. The summed E-state index contributed by atoms with van der Waals surface area (Å²) in [4.78, 5) is 46.1. The number of nitrogens with one attached hydrogen (secondary N) is 4. The summed E-state index contributed by atoms with van der Waals surface area (Å²) in [5, 5.41) is 10.5. The second-order valence-electron chi connectivity index (χ2n) is 5.14. The molecule has 8 nitrogen and oxygen atoms in total. The molecule has 0 saturated carbocycles. The van der Waals surface area contributed by atoms with Gasteiger partial charge in [0.15, 0.2) is 0 Å². The van der Waals surface area contributed by atoms with Gasteiger partial charge >= 0.3 is 0 Å². The zero-order valence-corrected chi connectivity index (χ0v) is 15.0. The molecule has 0 aliphatic heterocycles. The zero-order valence-electron chi connectivity index (χ0n) is 14.2. The van der Waals surface area contributed by atoms with Crippen molar-refractivity contribution in [3.8, 4) is 0 Å². The molecule has 0 fully saturated rings. The number of amides is 4. The summed E-state index contributed by atoms with van der Waals surface area (Å²) >= 11 is 5.34. The van der Waals surface area contributed by atoms with Gasteiger partial charge in [-0.3, -0.25) is 19.2 Å². The maximum absolute atomic E-state index is 12.2. The number of rotatable bonds is 12. The van der Waals surface area contributed by atoms with Crippen molar-refractivity contribution in [2.75, 3.05) is 25.5 Å². The van der Waals surface area contributed by atoms with Crippen LogP contribution < -0.4 is 21.3 Å². The summed E-state index contributed by atoms with van der Waals surface area (Å²) in [6.07, 6.45) is 1.66. The highest BCUT2D eigenvalue weighted by Gasteiger charge is 2.20. The molecule has 138 valence electrons. The molecule has 1 unspecified atom stereocenters. The maximum Gasteiger partial charge on any atom is 0.242 e. The Labute approximate surface area is 147 Å². The topological polar surface area (TPSA) is 116 Å². The molecule has 0 aromatic rings. The van der Waals surface area contributed by atoms with Gasteiger partial charge in [0, 0.05) is 32.5 Å². The summed E-state index contributed by atoms with van der Waals surface area (Å²) in [5.74, 6) is -1.14. The minimum absolute atomic E-state index is 0.113. The molecule has 0 aliphatic rings. The van der Waals surface area contributed by atoms with E-state index >= 15 is 0 Å². The Morgan fingerprint density at radius 2 is 1.50 bits per heavy atom. The fourth-order valence-corrected chi connectivity index (χ4v) is 1.90. The lowest BCUT2D eigenvalue weighted by atomic mass is 10.1. The summed E-state index contributed by atoms with van der Waals surface area (Å²) in [6.45, 7) is 4.37. The van der Waals surface area contributed by atoms with Crippen LogP contribution in [0.5, 0.6) is 0 Å². The zero-order chi connectivity index (χ0) is 18.4. The van der Waals surface area contributed by atoms with E-state index in [1.165, 1.54) is 0 Å². The predicted molar refractivity (Wildman–Crippen MR) is 91.5 cm³/mol. The van der Waals surface area contributed by atoms with E-state index in [0.29, 0.717) is 32.2 Å². The molecule has 9 heteroatoms. The quantitative estimate of drug-likeness (QED) is 0.280. The van der Waals surface area contributed by atoms with Gasteiger partial charge in [-0.1, -0.05) is 13.8 Å². The Hall–Kier alpha value is -1.83. The Morgan fingerprint density at radius 3 is 2.08 bits per heavy atom. The van der Waals surface area contributed by atoms with Crippen molar-refractivity contribution in [1.82, 2.24) is 21.3 Å². The van der Waals surface area contributed by atoms with Crippen LogP contribution in [-0.2, 0) is 19.2 Å². The third-order valence-corrected chi connectivity index (χ3v) is 3.32. The van der Waals surface area contributed by atoms with E-state index in [1.807, 2.05) is 6.92 Å². The minimum atomic E-state index is -0.732. The lowest BCUT2D eigenvalue weighted by Gasteiger charge is -2.19. The first-order chi connectivity index (χ1) is 11.4. The van der Waals surface area contributed by atoms with Crippen LogP contribution >= 0.6 is 11.6 Å². The predicted octanol–water partition coefficient (Wildman–Crippen LogP) is -0.341. The Kier molecular flexibility index (Phi) is 12.6. The molecular formula is C15H27ClN4O4. The lowest BCUT2D eigenvalue weighted by Crippen LogP contribution is -2.49. The van der Waals surface area contributed by atoms with Gasteiger partial charge in [0.2, 0.25) is 23.6 Å². The van der Waals surface area contributed by atoms with Gasteiger partial charge in [0.1, 0.15) is 11.9 Å². The van der Waals surface area contributed by atoms with E-state index in [0.717, 1.165) is 0 Å². The smallest absolute Gasteiger partial charge is 0.242 e. The molecule has 1 atom stereocenters. The number of hydrogen-bond acceptors (Lipinski definition) is 4. The van der Waals surface area contributed by atoms with Crippen molar-refractivity contribution >= 4 is 35.2 Å². The first-order valence-corrected chi connectivity index (χ1v) is 8.64. The lowest BCUT2D eigenvalue weighted by molar-refractivity contribution is -0.129. The Balaban J connectivity index is 4.37. The number of carbonyl (C=O) groups excluding carboxylic acids is 4. The number of hydrogen-bond donors (Lipinski definition) is 4. The summed E-state index contributed by atoms with van der Waals surface area (Å²) < 4.78 is 0. The largest absolute Gasteiger partial charge is 0.356 e. The van der Waals surface area contributed by atoms with Crippen molar-refractivity contribution in [2.45, 2.75) is 45.6 Å². The van der Waals surface area contributed by atoms with Gasteiger partial charge in [-0.25, -0.2) is 0 Å². The highest BCUT2D eigenvalue weighted by atomic mass is 35.5. The van der Waals surface area contributed by atoms with E-state index in [-0.39, 0.29) is 42.6 Å². The molecule has 0 saturated heterocycles. The maximum atomic E-state index is 12.2. The third kappa shape index (κ3) is 10.8. The number of carbonyl (C=O) groups is 4. The second-order valence-corrected chi connectivity index (χ2v) is 5.40. The molecule has 24 heavy (non-hydrogen) atoms. The van der Waals surface area contributed by atoms with Crippen molar-refractivity contribution in [3.05, 3.63) is 0 Å². The first-order valence-electron chi connectivity index (χ1n) is 8.10. The van der Waals surface area contributed by atoms with E-state index < -0.39 is 6.04 Å². The van der Waals surface area contributed by atoms with E-state index in [2.05, 4.69) is 21.3 Å². The number of halogens is 1. The molecule has 0 aromatic carbocycles. The van der Waals surface area contributed by atoms with E-state index in [4.69, 9.17) is 11.6 Å². The Bertz CT molecular complexity index is 432. The fraction of sp³-hybridized carbons (Fsp3) is 0.733. The standard InChI is InChI=1S/C15H27ClN4O4/c1-3-5-13(22)20-11(6-7-17-12(21)4-2)15(24)19-9-8-18-14(23)10-16/h11H,3-10H2,1-2H3,(H,17,21)(H,18,23)(H,19,24)(H,20,22). The molecule has 0 heterocycles. The fourth-order valence-electron chi connectivity index (χ4n) is 1.80. The van der Waals surface area contributed by atoms with Crippen LogP contribution in [0, 0.1) is 0 Å². The average Bonchev–Trinajstić information content (AvgIpc) is 2.57. The molecule has 0 spiro atoms. The highest BCUT2D eigenvalue weighted by molar-refractivity contribution is 6.27. The van der Waals surface area contributed by atoms with Crippen molar-refractivity contribution in [3.63, 3.8) is 0 Å². The minimum Gasteiger partial charge on any atom is -0.356 e. The van der Waals surface area contributed by atoms with Gasteiger partial charge < -0.3 is 21.3 Å². The van der Waals surface area contributed by atoms with E-state index in [9.17, 15) is 19.2 Å². The van der Waals surface area contributed by atoms with Crippen LogP contribution in [-0.4, -0.2) is 55.2 Å². The monoisotopic (exact) mass is 362 g/mol. The summed E-state index contributed by atoms with van der Waals surface area (Å²) in [6, 6.07) is -0.732. The third-order valence-electron chi connectivity index (χ3n) is 3.07. The van der Waals surface area contributed by atoms with Gasteiger partial charge in [-0.2, -0.15) is 0 Å². The average molecular weight is 363 g/mol. The van der Waals surface area contributed by atoms with Crippen LogP contribution in [0.2, 0.25) is 0 Å². The Morgan fingerprint density at radius 1 is 0.875 bits per heavy atom. The van der Waals surface area contributed by atoms with Gasteiger partial charge in [0.05, 0.1) is 0 Å². The molecule has 0 bridgehead atoms.